The number of hydrogen-bond donors (Lipinski definition) is 1. The van der Waals surface area contributed by atoms with Crippen LogP contribution in [-0.2, 0) is 0 Å². The Labute approximate surface area is 109 Å². The molecule has 1 aromatic rings. The van der Waals surface area contributed by atoms with Gasteiger partial charge in [-0.15, -0.1) is 0 Å². The lowest BCUT2D eigenvalue weighted by Gasteiger charge is -2.43. The fourth-order valence-electron chi connectivity index (χ4n) is 2.61. The van der Waals surface area contributed by atoms with E-state index in [-0.39, 0.29) is 0 Å². The van der Waals surface area contributed by atoms with Crippen LogP contribution in [0.15, 0.2) is 12.3 Å². The largest absolute Gasteiger partial charge is 0.384 e. The van der Waals surface area contributed by atoms with Crippen LogP contribution in [0.1, 0.15) is 27.2 Å². The molecule has 0 unspecified atom stereocenters. The van der Waals surface area contributed by atoms with Gasteiger partial charge in [-0.25, -0.2) is 4.98 Å². The number of rotatable bonds is 3. The second-order valence-electron chi connectivity index (χ2n) is 5.12. The third-order valence-electron chi connectivity index (χ3n) is 3.61. The molecule has 100 valence electrons. The molecule has 18 heavy (non-hydrogen) atoms. The number of piperazine rings is 1. The first-order valence-electron chi connectivity index (χ1n) is 6.71. The summed E-state index contributed by atoms with van der Waals surface area (Å²) in [5, 5.41) is 0. The van der Waals surface area contributed by atoms with E-state index in [9.17, 15) is 0 Å². The highest BCUT2D eigenvalue weighted by Crippen LogP contribution is 2.19. The van der Waals surface area contributed by atoms with Gasteiger partial charge in [0.2, 0.25) is 5.95 Å². The Bertz CT molecular complexity index is 393. The van der Waals surface area contributed by atoms with Crippen molar-refractivity contribution in [2.45, 2.75) is 39.3 Å². The maximum atomic E-state index is 5.72. The number of nitrogen functional groups attached to an aromatic ring is 1. The standard InChI is InChI=1S/C13H23N5/c1-4-11-9-17(7-8-18(11)10(2)3)13-15-6-5-12(14)16-13/h5-6,10-11H,4,7-9H2,1-3H3,(H2,14,15,16)/t11-/m0/s1. The Hall–Kier alpha value is -1.36. The van der Waals surface area contributed by atoms with Crippen molar-refractivity contribution in [3.8, 4) is 0 Å². The van der Waals surface area contributed by atoms with E-state index in [0.717, 1.165) is 32.0 Å². The first-order chi connectivity index (χ1) is 8.61. The minimum atomic E-state index is 0.541. The second kappa shape index (κ2) is 5.52. The number of anilines is 2. The zero-order valence-electron chi connectivity index (χ0n) is 11.5. The zero-order valence-corrected chi connectivity index (χ0v) is 11.5. The average molecular weight is 249 g/mol. The molecule has 2 heterocycles. The summed E-state index contributed by atoms with van der Waals surface area (Å²) < 4.78 is 0. The molecule has 0 amide bonds. The molecule has 0 bridgehead atoms. The molecule has 2 rings (SSSR count). The smallest absolute Gasteiger partial charge is 0.227 e. The lowest BCUT2D eigenvalue weighted by molar-refractivity contribution is 0.132. The quantitative estimate of drug-likeness (QED) is 0.876. The van der Waals surface area contributed by atoms with Crippen LogP contribution in [0.4, 0.5) is 11.8 Å². The van der Waals surface area contributed by atoms with E-state index >= 15 is 0 Å². The molecule has 1 atom stereocenters. The highest BCUT2D eigenvalue weighted by molar-refractivity contribution is 5.38. The molecule has 0 saturated carbocycles. The zero-order chi connectivity index (χ0) is 13.1. The van der Waals surface area contributed by atoms with E-state index in [0.29, 0.717) is 17.9 Å². The van der Waals surface area contributed by atoms with E-state index in [2.05, 4.69) is 40.5 Å². The van der Waals surface area contributed by atoms with Crippen LogP contribution in [0.5, 0.6) is 0 Å². The molecular weight excluding hydrogens is 226 g/mol. The molecule has 5 nitrogen and oxygen atoms in total. The minimum absolute atomic E-state index is 0.541. The molecule has 1 aliphatic rings. The van der Waals surface area contributed by atoms with Crippen molar-refractivity contribution in [1.29, 1.82) is 0 Å². The number of nitrogens with zero attached hydrogens (tertiary/aromatic N) is 4. The first kappa shape index (κ1) is 13.1. The average Bonchev–Trinajstić information content (AvgIpc) is 2.37. The van der Waals surface area contributed by atoms with Gasteiger partial charge in [-0.05, 0) is 26.3 Å². The molecule has 1 aliphatic heterocycles. The van der Waals surface area contributed by atoms with E-state index in [4.69, 9.17) is 5.73 Å². The summed E-state index contributed by atoms with van der Waals surface area (Å²) in [6, 6.07) is 2.90. The summed E-state index contributed by atoms with van der Waals surface area (Å²) in [5.41, 5.74) is 5.72. The van der Waals surface area contributed by atoms with E-state index < -0.39 is 0 Å². The number of nitrogens with two attached hydrogens (primary N) is 1. The summed E-state index contributed by atoms with van der Waals surface area (Å²) in [6.45, 7) is 9.78. The first-order valence-corrected chi connectivity index (χ1v) is 6.71. The summed E-state index contributed by atoms with van der Waals surface area (Å²) in [7, 11) is 0. The lowest BCUT2D eigenvalue weighted by atomic mass is 10.1. The molecule has 1 saturated heterocycles. The third-order valence-corrected chi connectivity index (χ3v) is 3.61. The topological polar surface area (TPSA) is 58.3 Å². The summed E-state index contributed by atoms with van der Waals surface area (Å²) in [5.74, 6) is 1.30. The Morgan fingerprint density at radius 2 is 2.22 bits per heavy atom. The maximum Gasteiger partial charge on any atom is 0.227 e. The van der Waals surface area contributed by atoms with Crippen molar-refractivity contribution in [1.82, 2.24) is 14.9 Å². The van der Waals surface area contributed by atoms with Crippen molar-refractivity contribution in [2.75, 3.05) is 30.3 Å². The van der Waals surface area contributed by atoms with Crippen LogP contribution in [0.25, 0.3) is 0 Å². The highest BCUT2D eigenvalue weighted by atomic mass is 15.3. The van der Waals surface area contributed by atoms with Crippen molar-refractivity contribution < 1.29 is 0 Å². The molecule has 0 aromatic carbocycles. The fraction of sp³-hybridized carbons (Fsp3) is 0.692. The van der Waals surface area contributed by atoms with Gasteiger partial charge >= 0.3 is 0 Å². The van der Waals surface area contributed by atoms with Gasteiger partial charge in [0.25, 0.3) is 0 Å². The normalized spacial score (nSPS) is 21.6. The van der Waals surface area contributed by atoms with Gasteiger partial charge in [-0.2, -0.15) is 4.98 Å². The maximum absolute atomic E-state index is 5.72. The van der Waals surface area contributed by atoms with Crippen LogP contribution < -0.4 is 10.6 Å². The van der Waals surface area contributed by atoms with Gasteiger partial charge in [0.1, 0.15) is 5.82 Å². The van der Waals surface area contributed by atoms with Crippen LogP contribution in [0, 0.1) is 0 Å². The van der Waals surface area contributed by atoms with Gasteiger partial charge in [-0.3, -0.25) is 4.90 Å². The highest BCUT2D eigenvalue weighted by Gasteiger charge is 2.28. The monoisotopic (exact) mass is 249 g/mol. The Morgan fingerprint density at radius 1 is 1.44 bits per heavy atom. The fourth-order valence-corrected chi connectivity index (χ4v) is 2.61. The predicted molar refractivity (Wildman–Crippen MR) is 74.6 cm³/mol. The molecule has 5 heteroatoms. The van der Waals surface area contributed by atoms with E-state index in [1.165, 1.54) is 0 Å². The summed E-state index contributed by atoms with van der Waals surface area (Å²) in [6.07, 6.45) is 2.88. The molecule has 0 radical (unpaired) electrons. The van der Waals surface area contributed by atoms with E-state index in [1.54, 1.807) is 12.3 Å². The van der Waals surface area contributed by atoms with Crippen LogP contribution in [-0.4, -0.2) is 46.6 Å². The Morgan fingerprint density at radius 3 is 2.83 bits per heavy atom. The van der Waals surface area contributed by atoms with Crippen molar-refractivity contribution in [3.05, 3.63) is 12.3 Å². The van der Waals surface area contributed by atoms with Crippen LogP contribution in [0.2, 0.25) is 0 Å². The molecule has 1 fully saturated rings. The van der Waals surface area contributed by atoms with Crippen LogP contribution >= 0.6 is 0 Å². The van der Waals surface area contributed by atoms with Gasteiger partial charge in [0, 0.05) is 37.9 Å². The second-order valence-corrected chi connectivity index (χ2v) is 5.12. The van der Waals surface area contributed by atoms with Gasteiger partial charge in [0.05, 0.1) is 0 Å². The molecular formula is C13H23N5. The van der Waals surface area contributed by atoms with E-state index in [1.807, 2.05) is 0 Å². The van der Waals surface area contributed by atoms with Crippen molar-refractivity contribution in [2.24, 2.45) is 0 Å². The summed E-state index contributed by atoms with van der Waals surface area (Å²) >= 11 is 0. The van der Waals surface area contributed by atoms with Crippen LogP contribution in [0.3, 0.4) is 0 Å². The van der Waals surface area contributed by atoms with Crippen molar-refractivity contribution >= 4 is 11.8 Å². The third kappa shape index (κ3) is 2.72. The molecule has 1 aromatic heterocycles. The Balaban J connectivity index is 2.10. The molecule has 0 spiro atoms. The van der Waals surface area contributed by atoms with Gasteiger partial charge in [-0.1, -0.05) is 6.92 Å². The predicted octanol–water partition coefficient (Wildman–Crippen LogP) is 1.37. The SMILES string of the molecule is CC[C@H]1CN(c2nccc(N)n2)CCN1C(C)C. The summed E-state index contributed by atoms with van der Waals surface area (Å²) in [4.78, 5) is 13.4. The van der Waals surface area contributed by atoms with Gasteiger partial charge in [0.15, 0.2) is 0 Å². The molecule has 2 N–H and O–H groups in total. The molecule has 0 aliphatic carbocycles. The lowest BCUT2D eigenvalue weighted by Crippen LogP contribution is -2.55. The minimum Gasteiger partial charge on any atom is -0.384 e. The number of hydrogen-bond acceptors (Lipinski definition) is 5. The number of aromatic nitrogens is 2. The Kier molecular flexibility index (Phi) is 4.01. The van der Waals surface area contributed by atoms with Gasteiger partial charge < -0.3 is 10.6 Å². The van der Waals surface area contributed by atoms with Crippen molar-refractivity contribution in [3.63, 3.8) is 0 Å².